The SMILES string of the molecule is Nc1c(N=Nc2ccc3c(O)c(N=Nc4ccc(S(=O)(=O)O)cc4OC=O)c(S(=O)(=O)O)cc3c2S(=O)(=O)O)cc(S(=O)(=O)O)c2ccc(N=Nc3ccc([N+](=O)[O-])cc3S(=O)(=O)O)c(O)c12.O=S(=O)=O. The number of benzene rings is 6. The Morgan fingerprint density at radius 3 is 1.61 bits per heavy atom. The van der Waals surface area contributed by atoms with Gasteiger partial charge in [0.1, 0.15) is 53.7 Å². The van der Waals surface area contributed by atoms with Gasteiger partial charge < -0.3 is 20.7 Å². The van der Waals surface area contributed by atoms with Gasteiger partial charge in [0.05, 0.1) is 20.9 Å². The van der Waals surface area contributed by atoms with Gasteiger partial charge in [0.25, 0.3) is 62.8 Å². The lowest BCUT2D eigenvalue weighted by atomic mass is 10.1. The molecular weight excluding hydrogens is 1080 g/mol. The molecule has 0 fully saturated rings. The third-order valence-electron chi connectivity index (χ3n) is 8.84. The van der Waals surface area contributed by atoms with E-state index in [2.05, 4.69) is 35.4 Å². The third-order valence-corrected chi connectivity index (χ3v) is 13.3. The van der Waals surface area contributed by atoms with Crippen LogP contribution in [0.1, 0.15) is 0 Å². The van der Waals surface area contributed by atoms with Crippen LogP contribution in [-0.2, 0) is 66.0 Å². The first kappa shape index (κ1) is 54.0. The average Bonchev–Trinajstić information content (AvgIpc) is 3.23. The van der Waals surface area contributed by atoms with E-state index in [0.29, 0.717) is 24.3 Å². The zero-order valence-electron chi connectivity index (χ0n) is 33.7. The fourth-order valence-corrected chi connectivity index (χ4v) is 9.29. The molecule has 6 aromatic carbocycles. The van der Waals surface area contributed by atoms with Crippen LogP contribution in [0.4, 0.5) is 45.5 Å². The predicted molar refractivity (Wildman–Crippen MR) is 233 cm³/mol. The van der Waals surface area contributed by atoms with Crippen LogP contribution >= 0.6 is 0 Å². The zero-order chi connectivity index (χ0) is 53.3. The van der Waals surface area contributed by atoms with Gasteiger partial charge in [0, 0.05) is 34.4 Å². The first-order chi connectivity index (χ1) is 32.7. The number of phenolic OH excluding ortho intramolecular Hbond substituents is 2. The van der Waals surface area contributed by atoms with Crippen LogP contribution < -0.4 is 10.5 Å². The Kier molecular flexibility index (Phi) is 15.1. The first-order valence-corrected chi connectivity index (χ1v) is 25.7. The molecule has 0 unspecified atom stereocenters. The minimum Gasteiger partial charge on any atom is -0.505 e. The van der Waals surface area contributed by atoms with E-state index < -0.39 is 175 Å². The lowest BCUT2D eigenvalue weighted by Crippen LogP contribution is -2.03. The Balaban J connectivity index is 0.00000226. The van der Waals surface area contributed by atoms with Crippen molar-refractivity contribution in [1.29, 1.82) is 0 Å². The summed E-state index contributed by atoms with van der Waals surface area (Å²) in [5.74, 6) is -2.97. The Morgan fingerprint density at radius 2 is 1.06 bits per heavy atom. The number of anilines is 1. The summed E-state index contributed by atoms with van der Waals surface area (Å²) in [5, 5.41) is 52.6. The van der Waals surface area contributed by atoms with Gasteiger partial charge in [-0.15, -0.1) is 43.3 Å². The number of fused-ring (bicyclic) bond motifs is 2. The quantitative estimate of drug-likeness (QED) is 0.0179. The number of rotatable bonds is 14. The van der Waals surface area contributed by atoms with Gasteiger partial charge >= 0.3 is 10.6 Å². The number of carbonyl (C=O) groups excluding carboxylic acids is 1. The third kappa shape index (κ3) is 12.1. The van der Waals surface area contributed by atoms with Gasteiger partial charge in [-0.2, -0.15) is 42.1 Å². The van der Waals surface area contributed by atoms with E-state index in [1.54, 1.807) is 0 Å². The van der Waals surface area contributed by atoms with Crippen molar-refractivity contribution in [1.82, 2.24) is 0 Å². The number of non-ortho nitro benzene ring substituents is 1. The molecule has 0 bridgehead atoms. The van der Waals surface area contributed by atoms with Crippen molar-refractivity contribution in [3.05, 3.63) is 82.9 Å². The Morgan fingerprint density at radius 1 is 0.549 bits per heavy atom. The molecule has 9 N–H and O–H groups in total. The molecule has 0 saturated heterocycles. The summed E-state index contributed by atoms with van der Waals surface area (Å²) in [6.45, 7) is -0.192. The summed E-state index contributed by atoms with van der Waals surface area (Å²) in [7, 11) is -29.6. The van der Waals surface area contributed by atoms with E-state index in [1.165, 1.54) is 0 Å². The van der Waals surface area contributed by atoms with Crippen LogP contribution in [0.15, 0.2) is 128 Å². The van der Waals surface area contributed by atoms with Crippen LogP contribution in [0.25, 0.3) is 21.5 Å². The minimum atomic E-state index is -5.61. The van der Waals surface area contributed by atoms with Crippen molar-refractivity contribution >= 4 is 135 Å². The van der Waals surface area contributed by atoms with Crippen LogP contribution in [-0.4, -0.2) is 99.1 Å². The number of aromatic hydroxyl groups is 2. The number of nitrogens with two attached hydrogens (primary N) is 1. The normalized spacial score (nSPS) is 12.6. The maximum absolute atomic E-state index is 12.9. The highest BCUT2D eigenvalue weighted by atomic mass is 32.2. The van der Waals surface area contributed by atoms with E-state index in [1.807, 2.05) is 0 Å². The van der Waals surface area contributed by atoms with Crippen LogP contribution in [0.3, 0.4) is 0 Å². The molecule has 0 atom stereocenters. The molecule has 0 spiro atoms. The number of phenols is 2. The van der Waals surface area contributed by atoms with Crippen LogP contribution in [0, 0.1) is 10.1 Å². The number of hydrogen-bond donors (Lipinski definition) is 8. The Hall–Kier alpha value is -7.92. The fraction of sp³-hybridized carbons (Fsp3) is 0. The van der Waals surface area contributed by atoms with E-state index in [0.717, 1.165) is 48.5 Å². The molecule has 38 heteroatoms. The van der Waals surface area contributed by atoms with Gasteiger partial charge in [-0.25, -0.2) is 0 Å². The highest BCUT2D eigenvalue weighted by molar-refractivity contribution is 7.87. The summed E-state index contributed by atoms with van der Waals surface area (Å²) in [5.41, 5.74) is 0.0996. The standard InChI is InChI=1S/C33H22N8O21S5.O3S/c34-29-23(12-25(64(50,51)52)17-4-7-21(32(44)28(17)29)37-36-20-5-1-14(41(45)46)9-26(20)65(53,54)55)39-38-22-8-3-16-18(33(22)67(59,60)61)11-27(66(56,57)58)30(31(16)43)40-35-19-6-2-15(63(47,48)49)10-24(19)62-13-42;1-4(2)3/h1-13,43-44H,34H2,(H,47,48,49)(H,50,51,52)(H,53,54,55)(H,56,57,58)(H,59,60,61);. The molecule has 71 heavy (non-hydrogen) atoms. The van der Waals surface area contributed by atoms with E-state index in [-0.39, 0.29) is 6.47 Å². The predicted octanol–water partition coefficient (Wildman–Crippen LogP) is 4.91. The zero-order valence-corrected chi connectivity index (χ0v) is 38.6. The number of nitrogen functional groups attached to an aromatic ring is 1. The number of nitrogens with zero attached hydrogens (tertiary/aromatic N) is 7. The highest BCUT2D eigenvalue weighted by Crippen LogP contribution is 2.48. The summed E-state index contributed by atoms with van der Waals surface area (Å²) in [4.78, 5) is 15.6. The molecular formula is C33H22N8O24S6. The Labute approximate surface area is 396 Å². The van der Waals surface area contributed by atoms with Gasteiger partial charge in [-0.3, -0.25) is 37.7 Å². The van der Waals surface area contributed by atoms with Crippen molar-refractivity contribution in [2.24, 2.45) is 30.7 Å². The Bertz CT molecular complexity index is 4090. The summed E-state index contributed by atoms with van der Waals surface area (Å²) in [6.07, 6.45) is 0. The number of carbonyl (C=O) groups is 1. The first-order valence-electron chi connectivity index (χ1n) is 17.5. The van der Waals surface area contributed by atoms with Gasteiger partial charge in [-0.05, 0) is 48.5 Å². The highest BCUT2D eigenvalue weighted by Gasteiger charge is 2.29. The van der Waals surface area contributed by atoms with Crippen LogP contribution in [0.5, 0.6) is 17.2 Å². The molecule has 0 radical (unpaired) electrons. The van der Waals surface area contributed by atoms with Crippen molar-refractivity contribution in [3.63, 3.8) is 0 Å². The lowest BCUT2D eigenvalue weighted by Gasteiger charge is -2.13. The molecule has 6 rings (SSSR count). The topological polar surface area (TPSA) is 533 Å². The average molecular weight is 1110 g/mol. The van der Waals surface area contributed by atoms with E-state index in [9.17, 15) is 90.0 Å². The lowest BCUT2D eigenvalue weighted by molar-refractivity contribution is -0.385. The molecule has 374 valence electrons. The monoisotopic (exact) mass is 1110 g/mol. The molecule has 0 saturated carbocycles. The van der Waals surface area contributed by atoms with Crippen LogP contribution in [0.2, 0.25) is 0 Å². The fourth-order valence-electron chi connectivity index (χ4n) is 5.98. The van der Waals surface area contributed by atoms with Gasteiger partial charge in [0.15, 0.2) is 17.2 Å². The van der Waals surface area contributed by atoms with Gasteiger partial charge in [0.2, 0.25) is 0 Å². The number of azo groups is 3. The summed E-state index contributed by atoms with van der Waals surface area (Å²) in [6, 6.07) is 8.55. The molecule has 6 aromatic rings. The smallest absolute Gasteiger partial charge is 0.425 e. The number of hydrogen-bond acceptors (Lipinski definition) is 26. The van der Waals surface area contributed by atoms with Gasteiger partial charge in [-0.1, -0.05) is 6.07 Å². The maximum Gasteiger partial charge on any atom is 0.425 e. The molecule has 0 amide bonds. The molecule has 0 aliphatic rings. The van der Waals surface area contributed by atoms with Crippen molar-refractivity contribution < 1.29 is 102 Å². The summed E-state index contributed by atoms with van der Waals surface area (Å²) < 4.78 is 203. The van der Waals surface area contributed by atoms with E-state index in [4.69, 9.17) is 18.4 Å². The number of nitro groups is 1. The molecule has 0 aliphatic carbocycles. The largest absolute Gasteiger partial charge is 0.505 e. The second kappa shape index (κ2) is 19.8. The second-order valence-corrected chi connectivity index (χ2v) is 20.5. The van der Waals surface area contributed by atoms with Crippen molar-refractivity contribution in [2.75, 3.05) is 5.73 Å². The molecule has 32 nitrogen and oxygen atoms in total. The maximum atomic E-state index is 12.9. The minimum absolute atomic E-state index is 0.192. The molecule has 0 aromatic heterocycles. The molecule has 0 aliphatic heterocycles. The van der Waals surface area contributed by atoms with Crippen molar-refractivity contribution in [3.8, 4) is 17.2 Å². The molecule has 0 heterocycles. The second-order valence-electron chi connectivity index (χ2n) is 13.2. The number of ether oxygens (including phenoxy) is 1. The van der Waals surface area contributed by atoms with Crippen molar-refractivity contribution in [2.45, 2.75) is 24.5 Å². The summed E-state index contributed by atoms with van der Waals surface area (Å²) >= 11 is 0. The van der Waals surface area contributed by atoms with E-state index >= 15 is 0 Å². The number of nitro benzene ring substituents is 1.